The van der Waals surface area contributed by atoms with Gasteiger partial charge >= 0.3 is 0 Å². The third-order valence-corrected chi connectivity index (χ3v) is 2.89. The highest BCUT2D eigenvalue weighted by Gasteiger charge is 2.21. The molecule has 0 radical (unpaired) electrons. The minimum atomic E-state index is 0.664. The Kier molecular flexibility index (Phi) is 4.46. The molecular weight excluding hydrogens is 160 g/mol. The summed E-state index contributed by atoms with van der Waals surface area (Å²) in [5.74, 6) is 0.863. The lowest BCUT2D eigenvalue weighted by atomic mass is 9.95. The van der Waals surface area contributed by atoms with Crippen molar-refractivity contribution in [3.05, 3.63) is 12.2 Å². The maximum atomic E-state index is 5.40. The van der Waals surface area contributed by atoms with Crippen molar-refractivity contribution < 1.29 is 0 Å². The Hall–Kier alpha value is -0.340. The molecule has 0 aromatic carbocycles. The molecule has 0 aromatic rings. The first-order chi connectivity index (χ1) is 6.24. The van der Waals surface area contributed by atoms with Gasteiger partial charge in [-0.1, -0.05) is 19.1 Å². The molecule has 0 aromatic heterocycles. The molecule has 13 heavy (non-hydrogen) atoms. The van der Waals surface area contributed by atoms with Gasteiger partial charge < -0.3 is 5.73 Å². The Balaban J connectivity index is 2.33. The van der Waals surface area contributed by atoms with Gasteiger partial charge in [0, 0.05) is 25.7 Å². The summed E-state index contributed by atoms with van der Waals surface area (Å²) in [5, 5.41) is 0. The molecule has 1 fully saturated rings. The predicted molar refractivity (Wildman–Crippen MR) is 57.6 cm³/mol. The van der Waals surface area contributed by atoms with Gasteiger partial charge in [0.2, 0.25) is 0 Å². The van der Waals surface area contributed by atoms with Gasteiger partial charge in [-0.3, -0.25) is 4.90 Å². The van der Waals surface area contributed by atoms with E-state index >= 15 is 0 Å². The molecule has 0 aliphatic carbocycles. The molecule has 2 nitrogen and oxygen atoms in total. The highest BCUT2D eigenvalue weighted by molar-refractivity contribution is 4.88. The number of hydrogen-bond acceptors (Lipinski definition) is 2. The van der Waals surface area contributed by atoms with E-state index in [4.69, 9.17) is 5.73 Å². The first kappa shape index (κ1) is 10.7. The molecule has 1 aliphatic heterocycles. The first-order valence-electron chi connectivity index (χ1n) is 5.33. The molecule has 0 saturated carbocycles. The second-order valence-corrected chi connectivity index (χ2v) is 4.19. The van der Waals surface area contributed by atoms with Crippen molar-refractivity contribution in [2.75, 3.05) is 19.6 Å². The summed E-state index contributed by atoms with van der Waals surface area (Å²) in [5.41, 5.74) is 5.40. The lowest BCUT2D eigenvalue weighted by molar-refractivity contribution is 0.140. The van der Waals surface area contributed by atoms with Crippen LogP contribution in [0.15, 0.2) is 12.2 Å². The van der Waals surface area contributed by atoms with Crippen LogP contribution in [-0.2, 0) is 0 Å². The van der Waals surface area contributed by atoms with Crippen LogP contribution in [0.4, 0.5) is 0 Å². The van der Waals surface area contributed by atoms with E-state index in [9.17, 15) is 0 Å². The smallest absolute Gasteiger partial charge is 0.0166 e. The van der Waals surface area contributed by atoms with Crippen LogP contribution < -0.4 is 5.73 Å². The third kappa shape index (κ3) is 3.49. The van der Waals surface area contributed by atoms with Crippen LogP contribution >= 0.6 is 0 Å². The summed E-state index contributed by atoms with van der Waals surface area (Å²) in [7, 11) is 0. The van der Waals surface area contributed by atoms with Crippen molar-refractivity contribution in [2.24, 2.45) is 11.7 Å². The lowest BCUT2D eigenvalue weighted by Gasteiger charge is -2.36. The molecule has 1 saturated heterocycles. The molecule has 2 atom stereocenters. The van der Waals surface area contributed by atoms with Crippen LogP contribution in [0.3, 0.4) is 0 Å². The molecular formula is C11H22N2. The molecule has 0 bridgehead atoms. The van der Waals surface area contributed by atoms with Crippen LogP contribution in [0.1, 0.15) is 26.7 Å². The largest absolute Gasteiger partial charge is 0.327 e. The molecule has 0 amide bonds. The fourth-order valence-corrected chi connectivity index (χ4v) is 1.94. The quantitative estimate of drug-likeness (QED) is 0.672. The zero-order chi connectivity index (χ0) is 9.68. The standard InChI is InChI=1S/C11H22N2/c1-10-5-6-11(2)13(9-10)8-4-3-7-12/h3-4,10-11H,5-9,12H2,1-2H3. The van der Waals surface area contributed by atoms with Gasteiger partial charge in [0.05, 0.1) is 0 Å². The Morgan fingerprint density at radius 2 is 2.08 bits per heavy atom. The number of nitrogens with two attached hydrogens (primary N) is 1. The van der Waals surface area contributed by atoms with Crippen molar-refractivity contribution in [3.63, 3.8) is 0 Å². The van der Waals surface area contributed by atoms with Crippen LogP contribution in [0.5, 0.6) is 0 Å². The molecule has 1 rings (SSSR count). The summed E-state index contributed by atoms with van der Waals surface area (Å²) in [6, 6.07) is 0.749. The van der Waals surface area contributed by atoms with E-state index in [1.54, 1.807) is 0 Å². The molecule has 1 heterocycles. The second-order valence-electron chi connectivity index (χ2n) is 4.19. The summed E-state index contributed by atoms with van der Waals surface area (Å²) in [6.45, 7) is 7.64. The second kappa shape index (κ2) is 5.40. The lowest BCUT2D eigenvalue weighted by Crippen LogP contribution is -2.40. The van der Waals surface area contributed by atoms with Gasteiger partial charge in [0.25, 0.3) is 0 Å². The number of likely N-dealkylation sites (tertiary alicyclic amines) is 1. The Bertz CT molecular complexity index is 165. The van der Waals surface area contributed by atoms with Crippen molar-refractivity contribution in [2.45, 2.75) is 32.7 Å². The van der Waals surface area contributed by atoms with Crippen LogP contribution in [0.25, 0.3) is 0 Å². The average molecular weight is 182 g/mol. The van der Waals surface area contributed by atoms with Gasteiger partial charge in [-0.2, -0.15) is 0 Å². The molecule has 2 N–H and O–H groups in total. The maximum absolute atomic E-state index is 5.40. The minimum absolute atomic E-state index is 0.664. The number of nitrogens with zero attached hydrogens (tertiary/aromatic N) is 1. The van der Waals surface area contributed by atoms with Crippen molar-refractivity contribution in [1.29, 1.82) is 0 Å². The minimum Gasteiger partial charge on any atom is -0.327 e. The van der Waals surface area contributed by atoms with E-state index in [2.05, 4.69) is 24.8 Å². The van der Waals surface area contributed by atoms with Gasteiger partial charge in [-0.15, -0.1) is 0 Å². The predicted octanol–water partition coefficient (Wildman–Crippen LogP) is 1.62. The number of rotatable bonds is 3. The van der Waals surface area contributed by atoms with Gasteiger partial charge in [0.15, 0.2) is 0 Å². The number of hydrogen-bond donors (Lipinski definition) is 1. The molecule has 2 unspecified atom stereocenters. The fourth-order valence-electron chi connectivity index (χ4n) is 1.94. The highest BCUT2D eigenvalue weighted by Crippen LogP contribution is 2.20. The Morgan fingerprint density at radius 3 is 2.77 bits per heavy atom. The van der Waals surface area contributed by atoms with Crippen molar-refractivity contribution in [1.82, 2.24) is 4.90 Å². The molecule has 2 heteroatoms. The van der Waals surface area contributed by atoms with E-state index in [1.165, 1.54) is 19.4 Å². The zero-order valence-electron chi connectivity index (χ0n) is 8.87. The van der Waals surface area contributed by atoms with Crippen LogP contribution in [0, 0.1) is 5.92 Å². The van der Waals surface area contributed by atoms with E-state index in [0.29, 0.717) is 6.54 Å². The monoisotopic (exact) mass is 182 g/mol. The van der Waals surface area contributed by atoms with E-state index in [1.807, 2.05) is 6.08 Å². The highest BCUT2D eigenvalue weighted by atomic mass is 15.2. The van der Waals surface area contributed by atoms with Crippen LogP contribution in [0.2, 0.25) is 0 Å². The summed E-state index contributed by atoms with van der Waals surface area (Å²) in [4.78, 5) is 2.54. The van der Waals surface area contributed by atoms with Crippen LogP contribution in [-0.4, -0.2) is 30.6 Å². The third-order valence-electron chi connectivity index (χ3n) is 2.89. The summed E-state index contributed by atoms with van der Waals surface area (Å²) in [6.07, 6.45) is 6.97. The summed E-state index contributed by atoms with van der Waals surface area (Å²) < 4.78 is 0. The first-order valence-corrected chi connectivity index (χ1v) is 5.33. The fraction of sp³-hybridized carbons (Fsp3) is 0.818. The number of piperidine rings is 1. The van der Waals surface area contributed by atoms with E-state index in [0.717, 1.165) is 18.5 Å². The molecule has 76 valence electrons. The zero-order valence-corrected chi connectivity index (χ0v) is 8.87. The topological polar surface area (TPSA) is 29.3 Å². The Labute approximate surface area is 81.8 Å². The van der Waals surface area contributed by atoms with Gasteiger partial charge in [-0.05, 0) is 25.7 Å². The normalized spacial score (nSPS) is 31.3. The Morgan fingerprint density at radius 1 is 1.31 bits per heavy atom. The van der Waals surface area contributed by atoms with E-state index < -0.39 is 0 Å². The van der Waals surface area contributed by atoms with Gasteiger partial charge in [-0.25, -0.2) is 0 Å². The van der Waals surface area contributed by atoms with Crippen molar-refractivity contribution in [3.8, 4) is 0 Å². The average Bonchev–Trinajstić information content (AvgIpc) is 2.11. The van der Waals surface area contributed by atoms with Gasteiger partial charge in [0.1, 0.15) is 0 Å². The molecule has 0 spiro atoms. The van der Waals surface area contributed by atoms with Crippen molar-refractivity contribution >= 4 is 0 Å². The SMILES string of the molecule is CC1CCC(C)N(CC=CCN)C1. The maximum Gasteiger partial charge on any atom is 0.0166 e. The summed E-state index contributed by atoms with van der Waals surface area (Å²) >= 11 is 0. The van der Waals surface area contributed by atoms with E-state index in [-0.39, 0.29) is 0 Å². The molecule has 1 aliphatic rings.